The predicted octanol–water partition coefficient (Wildman–Crippen LogP) is 1.59. The summed E-state index contributed by atoms with van der Waals surface area (Å²) in [7, 11) is 1.71. The van der Waals surface area contributed by atoms with Gasteiger partial charge in [0, 0.05) is 44.5 Å². The Bertz CT molecular complexity index is 376. The lowest BCUT2D eigenvalue weighted by Gasteiger charge is -2.36. The van der Waals surface area contributed by atoms with Gasteiger partial charge in [0.05, 0.1) is 7.11 Å². The molecule has 1 saturated heterocycles. The van der Waals surface area contributed by atoms with Crippen molar-refractivity contribution in [1.82, 2.24) is 4.90 Å². The summed E-state index contributed by atoms with van der Waals surface area (Å²) in [6.45, 7) is 5.74. The summed E-state index contributed by atoms with van der Waals surface area (Å²) in [4.78, 5) is 4.89. The number of anilines is 1. The third kappa shape index (κ3) is 4.11. The normalized spacial score (nSPS) is 16.6. The van der Waals surface area contributed by atoms with Crippen molar-refractivity contribution in [3.63, 3.8) is 0 Å². The van der Waals surface area contributed by atoms with Crippen molar-refractivity contribution in [1.29, 1.82) is 0 Å². The SMILES string of the molecule is COc1cccc(N2CCN(CCCCO)CC2)c1. The van der Waals surface area contributed by atoms with Crippen LogP contribution in [0.25, 0.3) is 0 Å². The highest BCUT2D eigenvalue weighted by Gasteiger charge is 2.16. The van der Waals surface area contributed by atoms with Gasteiger partial charge in [-0.3, -0.25) is 4.90 Å². The maximum atomic E-state index is 8.80. The first kappa shape index (κ1) is 14.2. The van der Waals surface area contributed by atoms with Gasteiger partial charge in [0.25, 0.3) is 0 Å². The number of aliphatic hydroxyl groups excluding tert-OH is 1. The average molecular weight is 264 g/mol. The Labute approximate surface area is 115 Å². The molecule has 4 nitrogen and oxygen atoms in total. The second-order valence-corrected chi connectivity index (χ2v) is 4.96. The zero-order valence-electron chi connectivity index (χ0n) is 11.7. The van der Waals surface area contributed by atoms with E-state index < -0.39 is 0 Å². The summed E-state index contributed by atoms with van der Waals surface area (Å²) in [6, 6.07) is 8.27. The van der Waals surface area contributed by atoms with E-state index in [0.717, 1.165) is 51.3 Å². The predicted molar refractivity (Wildman–Crippen MR) is 78.0 cm³/mol. The molecule has 0 spiro atoms. The quantitative estimate of drug-likeness (QED) is 0.792. The monoisotopic (exact) mass is 264 g/mol. The number of hydrogen-bond acceptors (Lipinski definition) is 4. The summed E-state index contributed by atoms with van der Waals surface area (Å²) in [5.74, 6) is 0.919. The molecular weight excluding hydrogens is 240 g/mol. The number of benzene rings is 1. The van der Waals surface area contributed by atoms with Crippen LogP contribution in [0.15, 0.2) is 24.3 Å². The number of methoxy groups -OCH3 is 1. The number of nitrogens with zero attached hydrogens (tertiary/aromatic N) is 2. The first-order valence-corrected chi connectivity index (χ1v) is 7.05. The Balaban J connectivity index is 1.82. The number of unbranched alkanes of at least 4 members (excludes halogenated alkanes) is 1. The maximum Gasteiger partial charge on any atom is 0.120 e. The van der Waals surface area contributed by atoms with Crippen molar-refractivity contribution in [3.8, 4) is 5.75 Å². The zero-order chi connectivity index (χ0) is 13.5. The van der Waals surface area contributed by atoms with Gasteiger partial charge in [-0.25, -0.2) is 0 Å². The molecule has 0 atom stereocenters. The van der Waals surface area contributed by atoms with Gasteiger partial charge >= 0.3 is 0 Å². The molecule has 19 heavy (non-hydrogen) atoms. The van der Waals surface area contributed by atoms with Crippen molar-refractivity contribution in [2.45, 2.75) is 12.8 Å². The highest BCUT2D eigenvalue weighted by Crippen LogP contribution is 2.22. The lowest BCUT2D eigenvalue weighted by Crippen LogP contribution is -2.46. The van der Waals surface area contributed by atoms with Crippen LogP contribution in [-0.4, -0.2) is 56.4 Å². The Kier molecular flexibility index (Phi) is 5.48. The second kappa shape index (κ2) is 7.36. The average Bonchev–Trinajstić information content (AvgIpc) is 2.48. The summed E-state index contributed by atoms with van der Waals surface area (Å²) < 4.78 is 5.27. The molecule has 1 aliphatic heterocycles. The molecule has 0 amide bonds. The Morgan fingerprint density at radius 3 is 2.63 bits per heavy atom. The molecule has 2 rings (SSSR count). The van der Waals surface area contributed by atoms with E-state index >= 15 is 0 Å². The molecule has 0 aliphatic carbocycles. The molecule has 0 radical (unpaired) electrons. The smallest absolute Gasteiger partial charge is 0.120 e. The highest BCUT2D eigenvalue weighted by molar-refractivity contribution is 5.51. The van der Waals surface area contributed by atoms with E-state index in [1.165, 1.54) is 5.69 Å². The number of aliphatic hydroxyl groups is 1. The van der Waals surface area contributed by atoms with Crippen LogP contribution in [0.4, 0.5) is 5.69 Å². The van der Waals surface area contributed by atoms with Crippen LogP contribution in [0.1, 0.15) is 12.8 Å². The van der Waals surface area contributed by atoms with Crippen molar-refractivity contribution in [3.05, 3.63) is 24.3 Å². The molecule has 1 aliphatic rings. The largest absolute Gasteiger partial charge is 0.497 e. The number of piperazine rings is 1. The van der Waals surface area contributed by atoms with Gasteiger partial charge in [-0.15, -0.1) is 0 Å². The van der Waals surface area contributed by atoms with Crippen LogP contribution in [0.5, 0.6) is 5.75 Å². The zero-order valence-corrected chi connectivity index (χ0v) is 11.7. The number of ether oxygens (including phenoxy) is 1. The molecule has 0 saturated carbocycles. The molecule has 1 fully saturated rings. The van der Waals surface area contributed by atoms with Crippen LogP contribution in [0, 0.1) is 0 Å². The van der Waals surface area contributed by atoms with Gasteiger partial charge in [-0.1, -0.05) is 6.07 Å². The first-order valence-electron chi connectivity index (χ1n) is 7.05. The second-order valence-electron chi connectivity index (χ2n) is 4.96. The van der Waals surface area contributed by atoms with Crippen LogP contribution in [0.3, 0.4) is 0 Å². The van der Waals surface area contributed by atoms with Gasteiger partial charge in [-0.2, -0.15) is 0 Å². The number of rotatable bonds is 6. The molecule has 1 heterocycles. The van der Waals surface area contributed by atoms with Gasteiger partial charge in [0.1, 0.15) is 5.75 Å². The Hall–Kier alpha value is -1.26. The number of hydrogen-bond donors (Lipinski definition) is 1. The molecule has 1 aromatic rings. The standard InChI is InChI=1S/C15H24N2O2/c1-19-15-6-4-5-14(13-15)17-10-8-16(9-11-17)7-2-3-12-18/h4-6,13,18H,2-3,7-12H2,1H3. The fourth-order valence-electron chi connectivity index (χ4n) is 2.48. The summed E-state index contributed by atoms with van der Waals surface area (Å²) in [5, 5.41) is 8.80. The minimum Gasteiger partial charge on any atom is -0.497 e. The summed E-state index contributed by atoms with van der Waals surface area (Å²) >= 11 is 0. The van der Waals surface area contributed by atoms with Crippen LogP contribution in [-0.2, 0) is 0 Å². The van der Waals surface area contributed by atoms with E-state index in [0.29, 0.717) is 6.61 Å². The van der Waals surface area contributed by atoms with E-state index in [1.54, 1.807) is 7.11 Å². The topological polar surface area (TPSA) is 35.9 Å². The lowest BCUT2D eigenvalue weighted by atomic mass is 10.2. The molecular formula is C15H24N2O2. The first-order chi connectivity index (χ1) is 9.33. The van der Waals surface area contributed by atoms with E-state index in [-0.39, 0.29) is 0 Å². The van der Waals surface area contributed by atoms with E-state index in [9.17, 15) is 0 Å². The lowest BCUT2D eigenvalue weighted by molar-refractivity contribution is 0.232. The molecule has 1 N–H and O–H groups in total. The van der Waals surface area contributed by atoms with Crippen molar-refractivity contribution >= 4 is 5.69 Å². The molecule has 0 bridgehead atoms. The van der Waals surface area contributed by atoms with Gasteiger partial charge in [-0.05, 0) is 31.5 Å². The van der Waals surface area contributed by atoms with Gasteiger partial charge in [0.15, 0.2) is 0 Å². The summed E-state index contributed by atoms with van der Waals surface area (Å²) in [5.41, 5.74) is 1.24. The summed E-state index contributed by atoms with van der Waals surface area (Å²) in [6.07, 6.45) is 2.01. The van der Waals surface area contributed by atoms with Crippen molar-refractivity contribution in [2.75, 3.05) is 51.3 Å². The van der Waals surface area contributed by atoms with Crippen molar-refractivity contribution in [2.24, 2.45) is 0 Å². The Morgan fingerprint density at radius 2 is 1.95 bits per heavy atom. The van der Waals surface area contributed by atoms with Crippen LogP contribution >= 0.6 is 0 Å². The molecule has 106 valence electrons. The maximum absolute atomic E-state index is 8.80. The van der Waals surface area contributed by atoms with E-state index in [2.05, 4.69) is 21.9 Å². The Morgan fingerprint density at radius 1 is 1.16 bits per heavy atom. The van der Waals surface area contributed by atoms with Crippen LogP contribution < -0.4 is 9.64 Å². The van der Waals surface area contributed by atoms with E-state index in [1.807, 2.05) is 12.1 Å². The molecule has 4 heteroatoms. The minimum atomic E-state index is 0.309. The molecule has 0 unspecified atom stereocenters. The van der Waals surface area contributed by atoms with Crippen LogP contribution in [0.2, 0.25) is 0 Å². The molecule has 0 aromatic heterocycles. The van der Waals surface area contributed by atoms with E-state index in [4.69, 9.17) is 9.84 Å². The van der Waals surface area contributed by atoms with Gasteiger partial charge in [0.2, 0.25) is 0 Å². The highest BCUT2D eigenvalue weighted by atomic mass is 16.5. The minimum absolute atomic E-state index is 0.309. The van der Waals surface area contributed by atoms with Gasteiger partial charge < -0.3 is 14.7 Å². The van der Waals surface area contributed by atoms with Crippen molar-refractivity contribution < 1.29 is 9.84 Å². The fourth-order valence-corrected chi connectivity index (χ4v) is 2.48. The third-order valence-corrected chi connectivity index (χ3v) is 3.67. The fraction of sp³-hybridized carbons (Fsp3) is 0.600. The molecule has 1 aromatic carbocycles. The third-order valence-electron chi connectivity index (χ3n) is 3.67.